The Morgan fingerprint density at radius 2 is 2.50 bits per heavy atom. The molecule has 68 valence electrons. The van der Waals surface area contributed by atoms with Crippen LogP contribution in [-0.4, -0.2) is 34.7 Å². The lowest BCUT2D eigenvalue weighted by Crippen LogP contribution is -2.26. The fraction of sp³-hybridized carbons (Fsp3) is 0.625. The van der Waals surface area contributed by atoms with Crippen LogP contribution in [0.1, 0.15) is 12.6 Å². The van der Waals surface area contributed by atoms with Gasteiger partial charge in [-0.05, 0) is 14.0 Å². The van der Waals surface area contributed by atoms with E-state index in [9.17, 15) is 0 Å². The maximum absolute atomic E-state index is 9.09. The minimum atomic E-state index is -0.270. The summed E-state index contributed by atoms with van der Waals surface area (Å²) in [5, 5.41) is 11.1. The molecule has 0 radical (unpaired) electrons. The highest BCUT2D eigenvalue weighted by Crippen LogP contribution is 2.03. The number of rotatable bonds is 4. The molecule has 3 nitrogen and oxygen atoms in total. The SMILES string of the molecule is CC(O)CN(C)Cc1cscn1. The van der Waals surface area contributed by atoms with Gasteiger partial charge in [-0.3, -0.25) is 4.90 Å². The van der Waals surface area contributed by atoms with E-state index >= 15 is 0 Å². The minimum absolute atomic E-state index is 0.270. The van der Waals surface area contributed by atoms with Crippen molar-refractivity contribution in [2.75, 3.05) is 13.6 Å². The first-order valence-electron chi connectivity index (χ1n) is 3.92. The molecule has 4 heteroatoms. The van der Waals surface area contributed by atoms with Gasteiger partial charge < -0.3 is 5.11 Å². The van der Waals surface area contributed by atoms with E-state index in [2.05, 4.69) is 9.88 Å². The van der Waals surface area contributed by atoms with E-state index in [1.807, 2.05) is 17.9 Å². The third-order valence-electron chi connectivity index (χ3n) is 1.49. The molecule has 0 bridgehead atoms. The zero-order valence-corrected chi connectivity index (χ0v) is 8.21. The topological polar surface area (TPSA) is 36.4 Å². The van der Waals surface area contributed by atoms with Gasteiger partial charge in [0, 0.05) is 18.5 Å². The third kappa shape index (κ3) is 3.30. The molecular weight excluding hydrogens is 172 g/mol. The van der Waals surface area contributed by atoms with Crippen molar-refractivity contribution in [3.8, 4) is 0 Å². The van der Waals surface area contributed by atoms with Gasteiger partial charge in [0.05, 0.1) is 17.3 Å². The molecule has 1 atom stereocenters. The van der Waals surface area contributed by atoms with Crippen LogP contribution < -0.4 is 0 Å². The molecule has 1 rings (SSSR count). The molecule has 0 aliphatic rings. The summed E-state index contributed by atoms with van der Waals surface area (Å²) in [5.74, 6) is 0. The van der Waals surface area contributed by atoms with E-state index < -0.39 is 0 Å². The molecular formula is C8H14N2OS. The number of aliphatic hydroxyl groups is 1. The second kappa shape index (κ2) is 4.54. The minimum Gasteiger partial charge on any atom is -0.392 e. The third-order valence-corrected chi connectivity index (χ3v) is 2.13. The molecule has 0 spiro atoms. The molecule has 1 heterocycles. The summed E-state index contributed by atoms with van der Waals surface area (Å²) in [6.07, 6.45) is -0.270. The molecule has 0 aliphatic heterocycles. The average Bonchev–Trinajstić information content (AvgIpc) is 2.37. The highest BCUT2D eigenvalue weighted by Gasteiger charge is 2.04. The highest BCUT2D eigenvalue weighted by atomic mass is 32.1. The standard InChI is InChI=1S/C8H14N2OS/c1-7(11)3-10(2)4-8-5-12-6-9-8/h5-7,11H,3-4H2,1-2H3. The van der Waals surface area contributed by atoms with Crippen LogP contribution in [0.25, 0.3) is 0 Å². The number of hydrogen-bond donors (Lipinski definition) is 1. The molecule has 0 saturated heterocycles. The van der Waals surface area contributed by atoms with Crippen molar-refractivity contribution < 1.29 is 5.11 Å². The Hall–Kier alpha value is -0.450. The Morgan fingerprint density at radius 3 is 3.00 bits per heavy atom. The van der Waals surface area contributed by atoms with Crippen LogP contribution in [0.15, 0.2) is 10.9 Å². The number of thiazole rings is 1. The summed E-state index contributed by atoms with van der Waals surface area (Å²) < 4.78 is 0. The molecule has 0 aromatic carbocycles. The zero-order valence-electron chi connectivity index (χ0n) is 7.40. The number of aliphatic hydroxyl groups excluding tert-OH is 1. The van der Waals surface area contributed by atoms with Crippen LogP contribution in [0.3, 0.4) is 0 Å². The second-order valence-corrected chi connectivity index (χ2v) is 3.74. The van der Waals surface area contributed by atoms with E-state index in [-0.39, 0.29) is 6.10 Å². The van der Waals surface area contributed by atoms with Crippen LogP contribution in [0.4, 0.5) is 0 Å². The van der Waals surface area contributed by atoms with Gasteiger partial charge in [-0.25, -0.2) is 4.98 Å². The van der Waals surface area contributed by atoms with Gasteiger partial charge in [0.25, 0.3) is 0 Å². The Kier molecular flexibility index (Phi) is 3.65. The van der Waals surface area contributed by atoms with Crippen molar-refractivity contribution >= 4 is 11.3 Å². The van der Waals surface area contributed by atoms with Crippen molar-refractivity contribution in [1.82, 2.24) is 9.88 Å². The van der Waals surface area contributed by atoms with E-state index in [1.54, 1.807) is 18.3 Å². The molecule has 1 aromatic rings. The molecule has 0 amide bonds. The predicted octanol–water partition coefficient (Wildman–Crippen LogP) is 0.956. The maximum Gasteiger partial charge on any atom is 0.0795 e. The van der Waals surface area contributed by atoms with Gasteiger partial charge in [-0.1, -0.05) is 0 Å². The number of hydrogen-bond acceptors (Lipinski definition) is 4. The Morgan fingerprint density at radius 1 is 1.75 bits per heavy atom. The summed E-state index contributed by atoms with van der Waals surface area (Å²) in [5.41, 5.74) is 2.90. The van der Waals surface area contributed by atoms with E-state index in [0.29, 0.717) is 6.54 Å². The van der Waals surface area contributed by atoms with Gasteiger partial charge in [0.2, 0.25) is 0 Å². The first kappa shape index (κ1) is 9.64. The fourth-order valence-corrected chi connectivity index (χ4v) is 1.66. The highest BCUT2D eigenvalue weighted by molar-refractivity contribution is 7.07. The lowest BCUT2D eigenvalue weighted by Gasteiger charge is -2.16. The van der Waals surface area contributed by atoms with Crippen molar-refractivity contribution in [2.45, 2.75) is 19.6 Å². The van der Waals surface area contributed by atoms with Crippen LogP contribution in [0.5, 0.6) is 0 Å². The summed E-state index contributed by atoms with van der Waals surface area (Å²) in [4.78, 5) is 6.21. The first-order chi connectivity index (χ1) is 5.68. The quantitative estimate of drug-likeness (QED) is 0.760. The molecule has 0 fully saturated rings. The lowest BCUT2D eigenvalue weighted by atomic mass is 10.3. The summed E-state index contributed by atoms with van der Waals surface area (Å²) in [7, 11) is 1.98. The summed E-state index contributed by atoms with van der Waals surface area (Å²) in [6, 6.07) is 0. The lowest BCUT2D eigenvalue weighted by molar-refractivity contribution is 0.138. The fourth-order valence-electron chi connectivity index (χ4n) is 1.11. The van der Waals surface area contributed by atoms with E-state index in [4.69, 9.17) is 5.11 Å². The molecule has 0 aliphatic carbocycles. The van der Waals surface area contributed by atoms with Crippen LogP contribution in [-0.2, 0) is 6.54 Å². The van der Waals surface area contributed by atoms with Crippen LogP contribution in [0, 0.1) is 0 Å². The number of aromatic nitrogens is 1. The Bertz CT molecular complexity index is 211. The zero-order chi connectivity index (χ0) is 8.97. The van der Waals surface area contributed by atoms with Gasteiger partial charge in [-0.2, -0.15) is 0 Å². The van der Waals surface area contributed by atoms with Crippen molar-refractivity contribution in [2.24, 2.45) is 0 Å². The van der Waals surface area contributed by atoms with Gasteiger partial charge in [-0.15, -0.1) is 11.3 Å². The largest absolute Gasteiger partial charge is 0.392 e. The van der Waals surface area contributed by atoms with Gasteiger partial charge >= 0.3 is 0 Å². The predicted molar refractivity (Wildman–Crippen MR) is 50.1 cm³/mol. The molecule has 1 unspecified atom stereocenters. The van der Waals surface area contributed by atoms with Crippen molar-refractivity contribution in [1.29, 1.82) is 0 Å². The van der Waals surface area contributed by atoms with Gasteiger partial charge in [0.15, 0.2) is 0 Å². The summed E-state index contributed by atoms with van der Waals surface area (Å²) in [6.45, 7) is 3.30. The molecule has 0 saturated carbocycles. The van der Waals surface area contributed by atoms with E-state index in [1.165, 1.54) is 0 Å². The Balaban J connectivity index is 2.32. The average molecular weight is 186 g/mol. The number of nitrogens with zero attached hydrogens (tertiary/aromatic N) is 2. The molecule has 1 N–H and O–H groups in total. The Labute approximate surface area is 76.7 Å². The number of likely N-dealkylation sites (N-methyl/N-ethyl adjacent to an activating group) is 1. The van der Waals surface area contributed by atoms with E-state index in [0.717, 1.165) is 12.2 Å². The monoisotopic (exact) mass is 186 g/mol. The first-order valence-corrected chi connectivity index (χ1v) is 4.86. The van der Waals surface area contributed by atoms with Gasteiger partial charge in [0.1, 0.15) is 0 Å². The smallest absolute Gasteiger partial charge is 0.0795 e. The van der Waals surface area contributed by atoms with Crippen molar-refractivity contribution in [3.63, 3.8) is 0 Å². The maximum atomic E-state index is 9.09. The van der Waals surface area contributed by atoms with Crippen molar-refractivity contribution in [3.05, 3.63) is 16.6 Å². The summed E-state index contributed by atoms with van der Waals surface area (Å²) >= 11 is 1.60. The van der Waals surface area contributed by atoms with Crippen LogP contribution >= 0.6 is 11.3 Å². The molecule has 1 aromatic heterocycles. The van der Waals surface area contributed by atoms with Crippen LogP contribution in [0.2, 0.25) is 0 Å². The normalized spacial score (nSPS) is 13.7. The molecule has 12 heavy (non-hydrogen) atoms. The second-order valence-electron chi connectivity index (χ2n) is 3.03.